The number of nitrogens with one attached hydrogen (secondary N) is 1. The highest BCUT2D eigenvalue weighted by Gasteiger charge is 2.22. The fourth-order valence-electron chi connectivity index (χ4n) is 3.30. The summed E-state index contributed by atoms with van der Waals surface area (Å²) in [5.41, 5.74) is 6.55. The number of benzene rings is 2. The maximum Gasteiger partial charge on any atom is 0.339 e. The molecule has 0 saturated heterocycles. The van der Waals surface area contributed by atoms with Crippen molar-refractivity contribution in [3.05, 3.63) is 66.8 Å². The summed E-state index contributed by atoms with van der Waals surface area (Å²) >= 11 is 0. The molecule has 7 heteroatoms. The molecule has 0 saturated carbocycles. The Morgan fingerprint density at radius 3 is 1.93 bits per heavy atom. The van der Waals surface area contributed by atoms with E-state index in [0.717, 1.165) is 33.4 Å². The number of aryl methyl sites for hydroxylation is 1. The van der Waals surface area contributed by atoms with Crippen LogP contribution >= 0.6 is 0 Å². The van der Waals surface area contributed by atoms with Gasteiger partial charge in [-0.2, -0.15) is 0 Å². The van der Waals surface area contributed by atoms with Crippen molar-refractivity contribution >= 4 is 23.3 Å². The number of hydrogen-bond acceptors (Lipinski definition) is 5. The van der Waals surface area contributed by atoms with E-state index in [4.69, 9.17) is 4.74 Å². The standard InChI is InChI=1S/C22H26N2O5/c1-11-8-9-18(24(27)28)21(12(11)2)23-19(25)10-29-22(26)20-16(6)14(4)13(3)15(5)17(20)7/h8-9H,10H2,1-7H3,(H,23,25). The summed E-state index contributed by atoms with van der Waals surface area (Å²) < 4.78 is 5.22. The minimum atomic E-state index is -0.633. The average Bonchev–Trinajstić information content (AvgIpc) is 2.66. The molecule has 154 valence electrons. The van der Waals surface area contributed by atoms with Crippen LogP contribution in [0.1, 0.15) is 49.3 Å². The first-order chi connectivity index (χ1) is 13.5. The lowest BCUT2D eigenvalue weighted by molar-refractivity contribution is -0.384. The second-order valence-corrected chi connectivity index (χ2v) is 7.28. The Hall–Kier alpha value is -3.22. The van der Waals surface area contributed by atoms with Crippen molar-refractivity contribution in [2.75, 3.05) is 11.9 Å². The normalized spacial score (nSPS) is 10.6. The van der Waals surface area contributed by atoms with E-state index < -0.39 is 23.4 Å². The highest BCUT2D eigenvalue weighted by Crippen LogP contribution is 2.30. The number of rotatable bonds is 5. The second kappa shape index (κ2) is 8.43. The molecule has 1 N–H and O–H groups in total. The average molecular weight is 398 g/mol. The van der Waals surface area contributed by atoms with E-state index in [2.05, 4.69) is 5.32 Å². The topological polar surface area (TPSA) is 98.5 Å². The van der Waals surface area contributed by atoms with Crippen LogP contribution in [0.3, 0.4) is 0 Å². The Labute approximate surface area is 170 Å². The van der Waals surface area contributed by atoms with E-state index in [0.29, 0.717) is 11.1 Å². The third kappa shape index (κ3) is 4.29. The molecule has 0 aromatic heterocycles. The van der Waals surface area contributed by atoms with Gasteiger partial charge in [0.25, 0.3) is 11.6 Å². The molecule has 29 heavy (non-hydrogen) atoms. The van der Waals surface area contributed by atoms with Gasteiger partial charge in [0.2, 0.25) is 0 Å². The summed E-state index contributed by atoms with van der Waals surface area (Å²) in [6.07, 6.45) is 0. The van der Waals surface area contributed by atoms with Crippen molar-refractivity contribution in [1.82, 2.24) is 0 Å². The molecule has 0 aliphatic rings. The molecule has 0 aliphatic carbocycles. The molecule has 0 bridgehead atoms. The van der Waals surface area contributed by atoms with Gasteiger partial charge in [-0.25, -0.2) is 4.79 Å². The third-order valence-electron chi connectivity index (χ3n) is 5.71. The zero-order valence-corrected chi connectivity index (χ0v) is 17.9. The number of nitrogens with zero attached hydrogens (tertiary/aromatic N) is 1. The van der Waals surface area contributed by atoms with Crippen molar-refractivity contribution in [2.24, 2.45) is 0 Å². The van der Waals surface area contributed by atoms with Gasteiger partial charge < -0.3 is 10.1 Å². The van der Waals surface area contributed by atoms with Gasteiger partial charge in [-0.3, -0.25) is 14.9 Å². The number of hydrogen-bond donors (Lipinski definition) is 1. The van der Waals surface area contributed by atoms with Crippen molar-refractivity contribution in [3.63, 3.8) is 0 Å². The molecule has 0 heterocycles. The monoisotopic (exact) mass is 398 g/mol. The molecule has 0 atom stereocenters. The van der Waals surface area contributed by atoms with E-state index in [9.17, 15) is 19.7 Å². The highest BCUT2D eigenvalue weighted by atomic mass is 16.6. The number of nitro groups is 1. The Morgan fingerprint density at radius 2 is 1.41 bits per heavy atom. The summed E-state index contributed by atoms with van der Waals surface area (Å²) in [6.45, 7) is 12.5. The van der Waals surface area contributed by atoms with Crippen LogP contribution in [0, 0.1) is 58.6 Å². The fraction of sp³-hybridized carbons (Fsp3) is 0.364. The van der Waals surface area contributed by atoms with Gasteiger partial charge in [-0.15, -0.1) is 0 Å². The first-order valence-electron chi connectivity index (χ1n) is 9.25. The number of esters is 1. The van der Waals surface area contributed by atoms with Crippen LogP contribution in [0.4, 0.5) is 11.4 Å². The van der Waals surface area contributed by atoms with Crippen molar-refractivity contribution in [1.29, 1.82) is 0 Å². The number of carbonyl (C=O) groups is 2. The largest absolute Gasteiger partial charge is 0.452 e. The van der Waals surface area contributed by atoms with Gasteiger partial charge in [0.05, 0.1) is 10.5 Å². The predicted molar refractivity (Wildman–Crippen MR) is 112 cm³/mol. The molecule has 0 radical (unpaired) electrons. The second-order valence-electron chi connectivity index (χ2n) is 7.28. The van der Waals surface area contributed by atoms with E-state index in [-0.39, 0.29) is 11.4 Å². The van der Waals surface area contributed by atoms with E-state index in [1.54, 1.807) is 19.9 Å². The smallest absolute Gasteiger partial charge is 0.339 e. The molecule has 2 rings (SSSR count). The zero-order valence-electron chi connectivity index (χ0n) is 17.9. The highest BCUT2D eigenvalue weighted by molar-refractivity contribution is 5.98. The SMILES string of the molecule is Cc1ccc([N+](=O)[O-])c(NC(=O)COC(=O)c2c(C)c(C)c(C)c(C)c2C)c1C. The first-order valence-corrected chi connectivity index (χ1v) is 9.25. The van der Waals surface area contributed by atoms with E-state index in [1.165, 1.54) is 6.07 Å². The number of ether oxygens (including phenoxy) is 1. The molecule has 2 aromatic carbocycles. The summed E-state index contributed by atoms with van der Waals surface area (Å²) in [5.74, 6) is -1.22. The number of carbonyl (C=O) groups excluding carboxylic acids is 2. The lowest BCUT2D eigenvalue weighted by Gasteiger charge is -2.17. The van der Waals surface area contributed by atoms with Crippen LogP contribution in [0.5, 0.6) is 0 Å². The zero-order chi connectivity index (χ0) is 22.0. The van der Waals surface area contributed by atoms with Gasteiger partial charge in [0.15, 0.2) is 6.61 Å². The molecular weight excluding hydrogens is 372 g/mol. The maximum absolute atomic E-state index is 12.6. The molecule has 0 aliphatic heterocycles. The quantitative estimate of drug-likeness (QED) is 0.453. The third-order valence-corrected chi connectivity index (χ3v) is 5.71. The van der Waals surface area contributed by atoms with Crippen molar-refractivity contribution in [2.45, 2.75) is 48.5 Å². The summed E-state index contributed by atoms with van der Waals surface area (Å²) in [7, 11) is 0. The van der Waals surface area contributed by atoms with Gasteiger partial charge in [-0.1, -0.05) is 6.07 Å². The van der Waals surface area contributed by atoms with Crippen LogP contribution < -0.4 is 5.32 Å². The molecule has 0 unspecified atom stereocenters. The van der Waals surface area contributed by atoms with Crippen molar-refractivity contribution in [3.8, 4) is 0 Å². The summed E-state index contributed by atoms with van der Waals surface area (Å²) in [6, 6.07) is 2.96. The minimum Gasteiger partial charge on any atom is -0.452 e. The molecule has 0 fully saturated rings. The van der Waals surface area contributed by atoms with Crippen molar-refractivity contribution < 1.29 is 19.2 Å². The Morgan fingerprint density at radius 1 is 0.897 bits per heavy atom. The number of nitro benzene ring substituents is 1. The molecule has 2 aromatic rings. The van der Waals surface area contributed by atoms with Gasteiger partial charge in [0.1, 0.15) is 5.69 Å². The fourth-order valence-corrected chi connectivity index (χ4v) is 3.30. The Balaban J connectivity index is 2.21. The molecule has 1 amide bonds. The maximum atomic E-state index is 12.6. The minimum absolute atomic E-state index is 0.116. The van der Waals surface area contributed by atoms with Crippen LogP contribution in [0.15, 0.2) is 12.1 Å². The predicted octanol–water partition coefficient (Wildman–Crippen LogP) is 4.55. The van der Waals surface area contributed by atoms with Gasteiger partial charge in [-0.05, 0) is 87.4 Å². The number of amides is 1. The molecular formula is C22H26N2O5. The van der Waals surface area contributed by atoms with Gasteiger partial charge >= 0.3 is 5.97 Å². The number of anilines is 1. The Bertz CT molecular complexity index is 996. The first kappa shape index (κ1) is 22.1. The van der Waals surface area contributed by atoms with Crippen LogP contribution in [0.25, 0.3) is 0 Å². The van der Waals surface area contributed by atoms with E-state index in [1.807, 2.05) is 34.6 Å². The van der Waals surface area contributed by atoms with Crippen LogP contribution in [-0.4, -0.2) is 23.4 Å². The van der Waals surface area contributed by atoms with Crippen LogP contribution in [-0.2, 0) is 9.53 Å². The summed E-state index contributed by atoms with van der Waals surface area (Å²) in [5, 5.41) is 13.8. The summed E-state index contributed by atoms with van der Waals surface area (Å²) in [4.78, 5) is 35.7. The lowest BCUT2D eigenvalue weighted by atomic mass is 9.90. The van der Waals surface area contributed by atoms with E-state index >= 15 is 0 Å². The van der Waals surface area contributed by atoms with Crippen LogP contribution in [0.2, 0.25) is 0 Å². The Kier molecular flexibility index (Phi) is 6.41. The van der Waals surface area contributed by atoms with Gasteiger partial charge in [0, 0.05) is 6.07 Å². The molecule has 0 spiro atoms. The lowest BCUT2D eigenvalue weighted by Crippen LogP contribution is -2.23. The molecule has 7 nitrogen and oxygen atoms in total.